The fraction of sp³-hybridized carbons (Fsp3) is 0.450. The van der Waals surface area contributed by atoms with E-state index in [0.29, 0.717) is 23.7 Å². The highest BCUT2D eigenvalue weighted by Gasteiger charge is 2.25. The van der Waals surface area contributed by atoms with Crippen molar-refractivity contribution in [3.05, 3.63) is 40.6 Å². The van der Waals surface area contributed by atoms with E-state index in [2.05, 4.69) is 44.3 Å². The molecule has 28 heavy (non-hydrogen) atoms. The van der Waals surface area contributed by atoms with Crippen LogP contribution in [0, 0.1) is 0 Å². The number of hydrogen-bond donors (Lipinski definition) is 2. The maximum absolute atomic E-state index is 12.5. The molecule has 0 unspecified atom stereocenters. The molecule has 0 bridgehead atoms. The molecule has 0 spiro atoms. The number of carbonyl (C=O) groups is 1. The summed E-state index contributed by atoms with van der Waals surface area (Å²) < 4.78 is 10.7. The Morgan fingerprint density at radius 2 is 1.96 bits per heavy atom. The fourth-order valence-electron chi connectivity index (χ4n) is 3.40. The van der Waals surface area contributed by atoms with Crippen molar-refractivity contribution >= 4 is 23.1 Å². The maximum Gasteiger partial charge on any atom is 0.319 e. The quantitative estimate of drug-likeness (QED) is 0.743. The van der Waals surface area contributed by atoms with E-state index in [1.165, 1.54) is 5.56 Å². The second kappa shape index (κ2) is 9.77. The summed E-state index contributed by atoms with van der Waals surface area (Å²) in [6.07, 6.45) is 0. The first kappa shape index (κ1) is 20.4. The largest absolute Gasteiger partial charge is 0.493 e. The van der Waals surface area contributed by atoms with Crippen LogP contribution in [0.1, 0.15) is 11.6 Å². The Bertz CT molecular complexity index is 761. The van der Waals surface area contributed by atoms with Gasteiger partial charge in [-0.2, -0.15) is 11.3 Å². The number of amides is 2. The predicted octanol–water partition coefficient (Wildman–Crippen LogP) is 2.88. The molecule has 7 nitrogen and oxygen atoms in total. The van der Waals surface area contributed by atoms with Crippen molar-refractivity contribution in [1.82, 2.24) is 15.1 Å². The second-order valence-corrected chi connectivity index (χ2v) is 7.57. The van der Waals surface area contributed by atoms with Gasteiger partial charge in [0.25, 0.3) is 0 Å². The number of benzene rings is 1. The molecule has 1 saturated heterocycles. The molecule has 2 heterocycles. The Hall–Kier alpha value is -2.29. The Morgan fingerprint density at radius 3 is 2.61 bits per heavy atom. The average Bonchev–Trinajstić information content (AvgIpc) is 3.23. The number of methoxy groups -OCH3 is 2. The van der Waals surface area contributed by atoms with Gasteiger partial charge in [0.05, 0.1) is 25.9 Å². The molecule has 1 fully saturated rings. The molecule has 0 radical (unpaired) electrons. The molecule has 1 aromatic heterocycles. The van der Waals surface area contributed by atoms with Crippen molar-refractivity contribution < 1.29 is 14.3 Å². The molecule has 3 rings (SSSR count). The van der Waals surface area contributed by atoms with Crippen LogP contribution in [0.25, 0.3) is 0 Å². The molecule has 1 aromatic carbocycles. The van der Waals surface area contributed by atoms with Crippen molar-refractivity contribution in [1.29, 1.82) is 0 Å². The summed E-state index contributed by atoms with van der Waals surface area (Å²) in [4.78, 5) is 17.3. The van der Waals surface area contributed by atoms with Gasteiger partial charge in [-0.1, -0.05) is 6.07 Å². The van der Waals surface area contributed by atoms with Crippen molar-refractivity contribution in [3.8, 4) is 11.5 Å². The minimum Gasteiger partial charge on any atom is -0.493 e. The van der Waals surface area contributed by atoms with Crippen molar-refractivity contribution in [3.63, 3.8) is 0 Å². The number of carbonyl (C=O) groups excluding carboxylic acids is 1. The molecule has 152 valence electrons. The molecule has 1 atom stereocenters. The highest BCUT2D eigenvalue weighted by atomic mass is 32.1. The predicted molar refractivity (Wildman–Crippen MR) is 113 cm³/mol. The molecule has 2 N–H and O–H groups in total. The number of rotatable bonds is 7. The Balaban J connectivity index is 1.64. The van der Waals surface area contributed by atoms with E-state index in [-0.39, 0.29) is 12.1 Å². The van der Waals surface area contributed by atoms with Gasteiger partial charge in [-0.15, -0.1) is 0 Å². The highest BCUT2D eigenvalue weighted by Crippen LogP contribution is 2.34. The average molecular weight is 405 g/mol. The molecule has 1 aliphatic rings. The smallest absolute Gasteiger partial charge is 0.319 e. The van der Waals surface area contributed by atoms with Gasteiger partial charge >= 0.3 is 6.03 Å². The van der Waals surface area contributed by atoms with Crippen molar-refractivity contribution in [2.45, 2.75) is 6.04 Å². The molecule has 0 saturated carbocycles. The molecular formula is C20H28N4O3S. The zero-order chi connectivity index (χ0) is 19.9. The second-order valence-electron chi connectivity index (χ2n) is 6.79. The maximum atomic E-state index is 12.5. The number of thiophene rings is 1. The fourth-order valence-corrected chi connectivity index (χ4v) is 4.10. The highest BCUT2D eigenvalue weighted by molar-refractivity contribution is 7.07. The summed E-state index contributed by atoms with van der Waals surface area (Å²) in [5.41, 5.74) is 1.82. The van der Waals surface area contributed by atoms with Crippen LogP contribution in [0.2, 0.25) is 0 Å². The van der Waals surface area contributed by atoms with Gasteiger partial charge in [-0.25, -0.2) is 4.79 Å². The third kappa shape index (κ3) is 4.95. The summed E-state index contributed by atoms with van der Waals surface area (Å²) >= 11 is 1.68. The molecule has 0 aliphatic carbocycles. The first-order chi connectivity index (χ1) is 13.6. The standard InChI is InChI=1S/C20H28N4O3S/c1-23-8-10-24(11-9-23)17(15-7-12-28-14-15)13-21-20(25)22-16-5-4-6-18(26-2)19(16)27-3/h4-7,12,14,17H,8-11,13H2,1-3H3,(H2,21,22,25)/t17-/m0/s1. The number of piperazine rings is 1. The zero-order valence-corrected chi connectivity index (χ0v) is 17.4. The number of urea groups is 1. The summed E-state index contributed by atoms with van der Waals surface area (Å²) in [6.45, 7) is 4.59. The topological polar surface area (TPSA) is 66.1 Å². The molecule has 2 amide bonds. The lowest BCUT2D eigenvalue weighted by Crippen LogP contribution is -2.48. The van der Waals surface area contributed by atoms with Crippen LogP contribution in [0.3, 0.4) is 0 Å². The van der Waals surface area contributed by atoms with Gasteiger partial charge in [-0.3, -0.25) is 4.90 Å². The van der Waals surface area contributed by atoms with E-state index >= 15 is 0 Å². The Labute approximate surface area is 170 Å². The summed E-state index contributed by atoms with van der Waals surface area (Å²) in [7, 11) is 5.27. The van der Waals surface area contributed by atoms with Crippen molar-refractivity contribution in [2.24, 2.45) is 0 Å². The lowest BCUT2D eigenvalue weighted by molar-refractivity contribution is 0.111. The van der Waals surface area contributed by atoms with Crippen LogP contribution in [0.4, 0.5) is 10.5 Å². The monoisotopic (exact) mass is 404 g/mol. The van der Waals surface area contributed by atoms with Gasteiger partial charge in [0.15, 0.2) is 11.5 Å². The van der Waals surface area contributed by atoms with Gasteiger partial charge in [-0.05, 0) is 41.6 Å². The number of anilines is 1. The van der Waals surface area contributed by atoms with E-state index in [0.717, 1.165) is 26.2 Å². The lowest BCUT2D eigenvalue weighted by Gasteiger charge is -2.38. The molecule has 2 aromatic rings. The summed E-state index contributed by atoms with van der Waals surface area (Å²) in [6, 6.07) is 7.44. The molecular weight excluding hydrogens is 376 g/mol. The van der Waals surface area contributed by atoms with Crippen LogP contribution < -0.4 is 20.1 Å². The van der Waals surface area contributed by atoms with E-state index < -0.39 is 0 Å². The molecule has 1 aliphatic heterocycles. The molecule has 8 heteroatoms. The van der Waals surface area contributed by atoms with Gasteiger partial charge in [0.1, 0.15) is 0 Å². The van der Waals surface area contributed by atoms with Gasteiger partial charge in [0.2, 0.25) is 0 Å². The normalized spacial score (nSPS) is 16.4. The van der Waals surface area contributed by atoms with Crippen LogP contribution in [0.15, 0.2) is 35.0 Å². The SMILES string of the molecule is COc1cccc(NC(=O)NC[C@@H](c2ccsc2)N2CCN(C)CC2)c1OC. The number of likely N-dealkylation sites (N-methyl/N-ethyl adjacent to an activating group) is 1. The van der Waals surface area contributed by atoms with Gasteiger partial charge < -0.3 is 25.0 Å². The first-order valence-corrected chi connectivity index (χ1v) is 10.3. The third-order valence-corrected chi connectivity index (χ3v) is 5.72. The van der Waals surface area contributed by atoms with Crippen LogP contribution in [0.5, 0.6) is 11.5 Å². The van der Waals surface area contributed by atoms with Crippen molar-refractivity contribution in [2.75, 3.05) is 59.3 Å². The third-order valence-electron chi connectivity index (χ3n) is 5.01. The Morgan fingerprint density at radius 1 is 1.18 bits per heavy atom. The summed E-state index contributed by atoms with van der Waals surface area (Å²) in [5, 5.41) is 10.1. The number of hydrogen-bond acceptors (Lipinski definition) is 6. The zero-order valence-electron chi connectivity index (χ0n) is 16.6. The first-order valence-electron chi connectivity index (χ1n) is 9.33. The Kier molecular flexibility index (Phi) is 7.13. The minimum absolute atomic E-state index is 0.165. The number of ether oxygens (including phenoxy) is 2. The van der Waals surface area contributed by atoms with Crippen LogP contribution in [-0.2, 0) is 0 Å². The number of nitrogens with zero attached hydrogens (tertiary/aromatic N) is 2. The summed E-state index contributed by atoms with van der Waals surface area (Å²) in [5.74, 6) is 1.09. The van der Waals surface area contributed by atoms with Crippen LogP contribution >= 0.6 is 11.3 Å². The van der Waals surface area contributed by atoms with Crippen LogP contribution in [-0.4, -0.2) is 69.8 Å². The van der Waals surface area contributed by atoms with E-state index in [1.54, 1.807) is 37.7 Å². The number of para-hydroxylation sites is 1. The van der Waals surface area contributed by atoms with E-state index in [9.17, 15) is 4.79 Å². The van der Waals surface area contributed by atoms with E-state index in [4.69, 9.17) is 9.47 Å². The minimum atomic E-state index is -0.263. The van der Waals surface area contributed by atoms with E-state index in [1.807, 2.05) is 6.07 Å². The lowest BCUT2D eigenvalue weighted by atomic mass is 10.1. The van der Waals surface area contributed by atoms with Gasteiger partial charge in [0, 0.05) is 32.7 Å². The number of nitrogens with one attached hydrogen (secondary N) is 2.